The van der Waals surface area contributed by atoms with Crippen LogP contribution in [0.1, 0.15) is 26.7 Å². The standard InChI is InChI=1S/C32H16N8.C6H14O2.Ti/c1-2-10-18-17(9-1)25-33-26(18)38-28-21-13-5-6-14-22(21)30(35-28)40-32-24-16-8-7-15-23(24)31(36-32)39-29-20-12-4-3-11-19(20)27(34-29)37-25;1-3-5(7)6(8)4-2;/h1-16H;5-8H,3-4H2,1-2H3;/q-2;;+2/t;5-,6-;/m.0./s1. The average molecular weight is 679 g/mol. The molecular weight excluding hydrogens is 648 g/mol. The van der Waals surface area contributed by atoms with Gasteiger partial charge in [-0.2, -0.15) is 0 Å². The summed E-state index contributed by atoms with van der Waals surface area (Å²) in [4.78, 5) is 39.3. The number of fused-ring (bicyclic) bond motifs is 20. The Labute approximate surface area is 296 Å². The molecule has 0 unspecified atom stereocenters. The van der Waals surface area contributed by atoms with E-state index >= 15 is 0 Å². The van der Waals surface area contributed by atoms with Crippen LogP contribution < -0.4 is 9.97 Å². The van der Waals surface area contributed by atoms with Crippen molar-refractivity contribution < 1.29 is 31.9 Å². The van der Waals surface area contributed by atoms with Gasteiger partial charge in [0, 0.05) is 44.8 Å². The molecule has 8 bridgehead atoms. The predicted octanol–water partition coefficient (Wildman–Crippen LogP) is 6.65. The molecule has 9 rings (SSSR count). The Morgan fingerprint density at radius 3 is 0.918 bits per heavy atom. The zero-order valence-electron chi connectivity index (χ0n) is 26.8. The molecule has 2 atom stereocenters. The van der Waals surface area contributed by atoms with Gasteiger partial charge in [0.25, 0.3) is 0 Å². The fraction of sp³-hybridized carbons (Fsp3) is 0.158. The Kier molecular flexibility index (Phi) is 8.87. The summed E-state index contributed by atoms with van der Waals surface area (Å²) >= 11 is 0. The average Bonchev–Trinajstić information content (AvgIpc) is 3.87. The molecule has 10 nitrogen and oxygen atoms in total. The molecule has 49 heavy (non-hydrogen) atoms. The third-order valence-electron chi connectivity index (χ3n) is 8.61. The van der Waals surface area contributed by atoms with Gasteiger partial charge < -0.3 is 40.1 Å². The second-order valence-electron chi connectivity index (χ2n) is 11.6. The van der Waals surface area contributed by atoms with Crippen LogP contribution in [0.3, 0.4) is 0 Å². The molecule has 0 spiro atoms. The smallest absolute Gasteiger partial charge is 0.390 e. The minimum Gasteiger partial charge on any atom is -0.390 e. The van der Waals surface area contributed by atoms with E-state index in [1.807, 2.05) is 111 Å². The first kappa shape index (κ1) is 32.4. The quantitative estimate of drug-likeness (QED) is 0.195. The van der Waals surface area contributed by atoms with E-state index in [1.54, 1.807) is 0 Å². The fourth-order valence-corrected chi connectivity index (χ4v) is 6.00. The van der Waals surface area contributed by atoms with Crippen molar-refractivity contribution in [3.8, 4) is 45.6 Å². The van der Waals surface area contributed by atoms with Gasteiger partial charge >= 0.3 is 21.7 Å². The molecule has 0 radical (unpaired) electrons. The first-order valence-corrected chi connectivity index (χ1v) is 16.0. The summed E-state index contributed by atoms with van der Waals surface area (Å²) in [5.41, 5.74) is 5.78. The van der Waals surface area contributed by atoms with Crippen molar-refractivity contribution >= 4 is 44.1 Å². The van der Waals surface area contributed by atoms with Crippen LogP contribution in [-0.4, -0.2) is 52.3 Å². The van der Waals surface area contributed by atoms with Gasteiger partial charge in [-0.05, 0) is 34.4 Å². The van der Waals surface area contributed by atoms with Gasteiger partial charge in [0.2, 0.25) is 0 Å². The van der Waals surface area contributed by atoms with Crippen molar-refractivity contribution in [2.75, 3.05) is 0 Å². The van der Waals surface area contributed by atoms with Crippen molar-refractivity contribution in [3.63, 3.8) is 0 Å². The predicted molar refractivity (Wildman–Crippen MR) is 187 cm³/mol. The number of aromatic nitrogens is 8. The zero-order chi connectivity index (χ0) is 32.8. The summed E-state index contributed by atoms with van der Waals surface area (Å²) < 4.78 is 0. The number of hydrogen-bond acceptors (Lipinski definition) is 8. The SMILES string of the molecule is CC[C@H](O)[C@@H](O)CC.[Ti+2].c1ccc2c(c1)-c1nc-2nc2[n-]c(nc3nc(nc4[n-]c(n1)c1ccccc41)-c1ccccc1-3)c1ccccc21. The van der Waals surface area contributed by atoms with Gasteiger partial charge in [0.15, 0.2) is 0 Å². The van der Waals surface area contributed by atoms with Gasteiger partial charge in [-0.25, -0.2) is 9.97 Å². The summed E-state index contributed by atoms with van der Waals surface area (Å²) in [6, 6.07) is 31.8. The van der Waals surface area contributed by atoms with E-state index in [9.17, 15) is 0 Å². The number of rotatable bonds is 3. The molecule has 0 amide bonds. The molecule has 2 aliphatic rings. The van der Waals surface area contributed by atoms with Gasteiger partial charge in [-0.15, -0.1) is 0 Å². The van der Waals surface area contributed by atoms with Crippen molar-refractivity contribution in [2.24, 2.45) is 0 Å². The zero-order valence-corrected chi connectivity index (χ0v) is 28.3. The second kappa shape index (κ2) is 13.4. The van der Waals surface area contributed by atoms with Gasteiger partial charge in [-0.1, -0.05) is 111 Å². The molecule has 11 heteroatoms. The van der Waals surface area contributed by atoms with E-state index in [0.29, 0.717) is 58.7 Å². The molecule has 238 valence electrons. The van der Waals surface area contributed by atoms with Crippen LogP contribution in [-0.2, 0) is 21.7 Å². The third-order valence-corrected chi connectivity index (χ3v) is 8.61. The molecule has 0 fully saturated rings. The second-order valence-corrected chi connectivity index (χ2v) is 11.6. The van der Waals surface area contributed by atoms with Crippen LogP contribution in [0.15, 0.2) is 97.1 Å². The van der Waals surface area contributed by atoms with Gasteiger partial charge in [0.1, 0.15) is 0 Å². The Bertz CT molecular complexity index is 2180. The van der Waals surface area contributed by atoms with E-state index in [2.05, 4.69) is 0 Å². The van der Waals surface area contributed by atoms with Crippen LogP contribution in [0.5, 0.6) is 0 Å². The van der Waals surface area contributed by atoms with Crippen LogP contribution in [0.2, 0.25) is 0 Å². The Hall–Kier alpha value is -5.13. The van der Waals surface area contributed by atoms with E-state index in [-0.39, 0.29) is 21.7 Å². The summed E-state index contributed by atoms with van der Waals surface area (Å²) in [6.07, 6.45) is 0.212. The summed E-state index contributed by atoms with van der Waals surface area (Å²) in [6.45, 7) is 3.70. The van der Waals surface area contributed by atoms with E-state index in [4.69, 9.17) is 50.1 Å². The molecule has 2 aliphatic heterocycles. The molecule has 0 saturated carbocycles. The monoisotopic (exact) mass is 678 g/mol. The fourth-order valence-electron chi connectivity index (χ4n) is 6.00. The first-order chi connectivity index (χ1) is 23.5. The first-order valence-electron chi connectivity index (χ1n) is 16.0. The Balaban J connectivity index is 0.000000378. The number of nitrogens with zero attached hydrogens (tertiary/aromatic N) is 8. The van der Waals surface area contributed by atoms with E-state index in [0.717, 1.165) is 43.8 Å². The Morgan fingerprint density at radius 2 is 0.673 bits per heavy atom. The van der Waals surface area contributed by atoms with Crippen molar-refractivity contribution in [2.45, 2.75) is 38.9 Å². The third kappa shape index (κ3) is 5.83. The molecular formula is C38H30N8O2Ti. The van der Waals surface area contributed by atoms with Crippen molar-refractivity contribution in [1.82, 2.24) is 39.9 Å². The van der Waals surface area contributed by atoms with Crippen LogP contribution in [0, 0.1) is 0 Å². The molecule has 3 aromatic heterocycles. The maximum Gasteiger partial charge on any atom is 2.00 e. The van der Waals surface area contributed by atoms with Crippen LogP contribution >= 0.6 is 0 Å². The maximum atomic E-state index is 8.88. The van der Waals surface area contributed by atoms with Gasteiger partial charge in [-0.3, -0.25) is 0 Å². The summed E-state index contributed by atoms with van der Waals surface area (Å²) in [7, 11) is 0. The molecule has 0 saturated heterocycles. The molecule has 4 aromatic carbocycles. The van der Waals surface area contributed by atoms with Crippen molar-refractivity contribution in [1.29, 1.82) is 0 Å². The maximum absolute atomic E-state index is 8.88. The van der Waals surface area contributed by atoms with Crippen LogP contribution in [0.4, 0.5) is 0 Å². The largest absolute Gasteiger partial charge is 2.00 e. The number of benzene rings is 4. The summed E-state index contributed by atoms with van der Waals surface area (Å²) in [5, 5.41) is 21.3. The molecule has 7 aromatic rings. The number of aliphatic hydroxyl groups excluding tert-OH is 2. The minimum absolute atomic E-state index is 0. The topological polar surface area (TPSA) is 146 Å². The van der Waals surface area contributed by atoms with Gasteiger partial charge in [0.05, 0.1) is 35.5 Å². The molecule has 5 heterocycles. The number of hydrogen-bond donors (Lipinski definition) is 2. The summed E-state index contributed by atoms with van der Waals surface area (Å²) in [5.74, 6) is 2.21. The van der Waals surface area contributed by atoms with E-state index in [1.165, 1.54) is 0 Å². The van der Waals surface area contributed by atoms with Crippen molar-refractivity contribution in [3.05, 3.63) is 97.1 Å². The Morgan fingerprint density at radius 1 is 0.429 bits per heavy atom. The minimum atomic E-state index is -0.528. The normalized spacial score (nSPS) is 12.7. The molecule has 2 N–H and O–H groups in total. The van der Waals surface area contributed by atoms with E-state index < -0.39 is 12.2 Å². The van der Waals surface area contributed by atoms with Crippen LogP contribution in [0.25, 0.3) is 89.7 Å². The molecule has 0 aliphatic carbocycles. The number of aliphatic hydroxyl groups is 2.